The Kier molecular flexibility index (Phi) is 2.99. The zero-order chi connectivity index (χ0) is 8.10. The fourth-order valence-corrected chi connectivity index (χ4v) is 1.04. The topological polar surface area (TPSA) is 9.23 Å². The van der Waals surface area contributed by atoms with Gasteiger partial charge in [-0.25, -0.2) is 0 Å². The fraction of sp³-hybridized carbons (Fsp3) is 0.111. The van der Waals surface area contributed by atoms with Crippen LogP contribution in [0.25, 0.3) is 0 Å². The molecule has 58 valence electrons. The maximum absolute atomic E-state index is 5.65. The standard InChI is InChI=1S/C9H9ClO/c1-2-11-9-6-4-3-5-8(9)7-10/h2-6H,1,7H2. The van der Waals surface area contributed by atoms with E-state index < -0.39 is 0 Å². The van der Waals surface area contributed by atoms with Crippen LogP contribution >= 0.6 is 11.6 Å². The average molecular weight is 169 g/mol. The van der Waals surface area contributed by atoms with Crippen molar-refractivity contribution in [1.82, 2.24) is 0 Å². The zero-order valence-corrected chi connectivity index (χ0v) is 6.84. The molecule has 0 saturated heterocycles. The Morgan fingerprint density at radius 2 is 2.18 bits per heavy atom. The first-order chi connectivity index (χ1) is 5.38. The highest BCUT2D eigenvalue weighted by molar-refractivity contribution is 6.17. The quantitative estimate of drug-likeness (QED) is 0.498. The molecular formula is C9H9ClO. The van der Waals surface area contributed by atoms with E-state index in [0.29, 0.717) is 5.88 Å². The molecule has 0 saturated carbocycles. The molecule has 0 aliphatic rings. The van der Waals surface area contributed by atoms with Gasteiger partial charge in [0.2, 0.25) is 0 Å². The van der Waals surface area contributed by atoms with Gasteiger partial charge in [0.1, 0.15) is 5.75 Å². The summed E-state index contributed by atoms with van der Waals surface area (Å²) in [5.74, 6) is 1.24. The van der Waals surface area contributed by atoms with Crippen molar-refractivity contribution in [3.8, 4) is 5.75 Å². The van der Waals surface area contributed by atoms with Gasteiger partial charge >= 0.3 is 0 Å². The number of rotatable bonds is 3. The van der Waals surface area contributed by atoms with E-state index in [2.05, 4.69) is 6.58 Å². The van der Waals surface area contributed by atoms with Crippen molar-refractivity contribution >= 4 is 11.6 Å². The number of halogens is 1. The zero-order valence-electron chi connectivity index (χ0n) is 6.09. The third-order valence-corrected chi connectivity index (χ3v) is 1.61. The maximum atomic E-state index is 5.65. The molecule has 1 nitrogen and oxygen atoms in total. The van der Waals surface area contributed by atoms with E-state index in [1.807, 2.05) is 24.3 Å². The second kappa shape index (κ2) is 4.04. The molecule has 0 unspecified atom stereocenters. The van der Waals surface area contributed by atoms with E-state index in [-0.39, 0.29) is 0 Å². The molecule has 0 atom stereocenters. The Morgan fingerprint density at radius 1 is 1.45 bits per heavy atom. The summed E-state index contributed by atoms with van der Waals surface area (Å²) in [6.07, 6.45) is 1.39. The monoisotopic (exact) mass is 168 g/mol. The van der Waals surface area contributed by atoms with Gasteiger partial charge in [-0.1, -0.05) is 24.8 Å². The van der Waals surface area contributed by atoms with E-state index in [0.717, 1.165) is 11.3 Å². The van der Waals surface area contributed by atoms with E-state index in [9.17, 15) is 0 Å². The lowest BCUT2D eigenvalue weighted by Crippen LogP contribution is -1.86. The predicted molar refractivity (Wildman–Crippen MR) is 46.8 cm³/mol. The summed E-state index contributed by atoms with van der Waals surface area (Å²) < 4.78 is 5.11. The maximum Gasteiger partial charge on any atom is 0.130 e. The number of hydrogen-bond acceptors (Lipinski definition) is 1. The highest BCUT2D eigenvalue weighted by Gasteiger charge is 1.97. The van der Waals surface area contributed by atoms with Crippen LogP contribution in [0.2, 0.25) is 0 Å². The van der Waals surface area contributed by atoms with Gasteiger partial charge in [-0.2, -0.15) is 0 Å². The van der Waals surface area contributed by atoms with E-state index in [1.54, 1.807) is 0 Å². The number of para-hydroxylation sites is 1. The van der Waals surface area contributed by atoms with Crippen LogP contribution < -0.4 is 4.74 Å². The minimum Gasteiger partial charge on any atom is -0.465 e. The van der Waals surface area contributed by atoms with Gasteiger partial charge < -0.3 is 4.74 Å². The van der Waals surface area contributed by atoms with Crippen LogP contribution in [0.15, 0.2) is 37.1 Å². The van der Waals surface area contributed by atoms with Crippen molar-refractivity contribution in [1.29, 1.82) is 0 Å². The van der Waals surface area contributed by atoms with Gasteiger partial charge in [0.25, 0.3) is 0 Å². The molecule has 0 aromatic heterocycles. The van der Waals surface area contributed by atoms with Gasteiger partial charge in [0.05, 0.1) is 12.1 Å². The largest absolute Gasteiger partial charge is 0.465 e. The van der Waals surface area contributed by atoms with Crippen molar-refractivity contribution in [3.05, 3.63) is 42.7 Å². The van der Waals surface area contributed by atoms with Crippen molar-refractivity contribution in [2.75, 3.05) is 0 Å². The molecule has 0 fully saturated rings. The lowest BCUT2D eigenvalue weighted by molar-refractivity contribution is 0.479. The number of ether oxygens (including phenoxy) is 1. The van der Waals surface area contributed by atoms with E-state index in [4.69, 9.17) is 16.3 Å². The molecule has 0 amide bonds. The van der Waals surface area contributed by atoms with Crippen LogP contribution in [-0.2, 0) is 5.88 Å². The molecule has 11 heavy (non-hydrogen) atoms. The molecule has 2 heteroatoms. The third kappa shape index (κ3) is 1.99. The lowest BCUT2D eigenvalue weighted by Gasteiger charge is -2.03. The highest BCUT2D eigenvalue weighted by atomic mass is 35.5. The molecule has 0 radical (unpaired) electrons. The Hall–Kier alpha value is -0.950. The molecule has 1 rings (SSSR count). The lowest BCUT2D eigenvalue weighted by atomic mass is 10.2. The van der Waals surface area contributed by atoms with Crippen molar-refractivity contribution < 1.29 is 4.74 Å². The summed E-state index contributed by atoms with van der Waals surface area (Å²) in [4.78, 5) is 0. The van der Waals surface area contributed by atoms with Crippen LogP contribution in [0.4, 0.5) is 0 Å². The Balaban J connectivity index is 2.92. The minimum absolute atomic E-state index is 0.462. The third-order valence-electron chi connectivity index (χ3n) is 1.33. The highest BCUT2D eigenvalue weighted by Crippen LogP contribution is 2.19. The van der Waals surface area contributed by atoms with Gasteiger partial charge in [-0.05, 0) is 6.07 Å². The Labute approximate surface area is 71.3 Å². The van der Waals surface area contributed by atoms with E-state index in [1.165, 1.54) is 6.26 Å². The smallest absolute Gasteiger partial charge is 0.130 e. The molecule has 0 spiro atoms. The normalized spacial score (nSPS) is 9.18. The Bertz CT molecular complexity index is 245. The molecule has 0 aliphatic carbocycles. The van der Waals surface area contributed by atoms with Crippen molar-refractivity contribution in [2.24, 2.45) is 0 Å². The molecule has 0 aliphatic heterocycles. The number of hydrogen-bond donors (Lipinski definition) is 0. The molecule has 0 N–H and O–H groups in total. The first-order valence-electron chi connectivity index (χ1n) is 3.30. The molecule has 0 bridgehead atoms. The van der Waals surface area contributed by atoms with Crippen LogP contribution in [0, 0.1) is 0 Å². The fourth-order valence-electron chi connectivity index (χ4n) is 0.819. The van der Waals surface area contributed by atoms with Crippen molar-refractivity contribution in [2.45, 2.75) is 5.88 Å². The average Bonchev–Trinajstić information content (AvgIpc) is 2.06. The first kappa shape index (κ1) is 8.15. The van der Waals surface area contributed by atoms with Gasteiger partial charge in [0, 0.05) is 5.56 Å². The number of benzene rings is 1. The van der Waals surface area contributed by atoms with Gasteiger partial charge in [-0.3, -0.25) is 0 Å². The van der Waals surface area contributed by atoms with Crippen LogP contribution in [-0.4, -0.2) is 0 Å². The second-order valence-electron chi connectivity index (χ2n) is 2.03. The molecule has 0 heterocycles. The van der Waals surface area contributed by atoms with Gasteiger partial charge in [-0.15, -0.1) is 11.6 Å². The molecule has 1 aromatic rings. The van der Waals surface area contributed by atoms with Gasteiger partial charge in [0.15, 0.2) is 0 Å². The minimum atomic E-state index is 0.462. The molecular weight excluding hydrogens is 160 g/mol. The summed E-state index contributed by atoms with van der Waals surface area (Å²) >= 11 is 5.65. The first-order valence-corrected chi connectivity index (χ1v) is 3.83. The SMILES string of the molecule is C=COc1ccccc1CCl. The second-order valence-corrected chi connectivity index (χ2v) is 2.29. The van der Waals surface area contributed by atoms with Crippen LogP contribution in [0.3, 0.4) is 0 Å². The van der Waals surface area contributed by atoms with E-state index >= 15 is 0 Å². The summed E-state index contributed by atoms with van der Waals surface area (Å²) in [5.41, 5.74) is 0.981. The summed E-state index contributed by atoms with van der Waals surface area (Å²) in [5, 5.41) is 0. The van der Waals surface area contributed by atoms with Crippen LogP contribution in [0.1, 0.15) is 5.56 Å². The van der Waals surface area contributed by atoms with Crippen LogP contribution in [0.5, 0.6) is 5.75 Å². The summed E-state index contributed by atoms with van der Waals surface area (Å²) in [6.45, 7) is 3.47. The molecule has 1 aromatic carbocycles. The Morgan fingerprint density at radius 3 is 2.82 bits per heavy atom. The summed E-state index contributed by atoms with van der Waals surface area (Å²) in [6, 6.07) is 7.60. The van der Waals surface area contributed by atoms with Crippen molar-refractivity contribution in [3.63, 3.8) is 0 Å². The number of alkyl halides is 1. The predicted octanol–water partition coefficient (Wildman–Crippen LogP) is 2.95. The summed E-state index contributed by atoms with van der Waals surface area (Å²) in [7, 11) is 0.